The average molecular weight is 253 g/mol. The Hall–Kier alpha value is -1.03. The molecule has 1 saturated heterocycles. The molecule has 0 amide bonds. The molecule has 1 N–H and O–H groups in total. The van der Waals surface area contributed by atoms with Gasteiger partial charge in [-0.2, -0.15) is 0 Å². The highest BCUT2D eigenvalue weighted by atomic mass is 16.5. The molecule has 0 aromatic heterocycles. The van der Waals surface area contributed by atoms with E-state index in [-0.39, 0.29) is 0 Å². The van der Waals surface area contributed by atoms with E-state index in [1.165, 1.54) is 19.3 Å². The van der Waals surface area contributed by atoms with E-state index in [0.717, 1.165) is 38.2 Å². The van der Waals surface area contributed by atoms with Crippen molar-refractivity contribution in [1.29, 1.82) is 0 Å². The Labute approximate surface area is 111 Å². The average Bonchev–Trinajstić information content (AvgIpc) is 2.42. The van der Waals surface area contributed by atoms with Gasteiger partial charge in [-0.25, -0.2) is 4.99 Å². The van der Waals surface area contributed by atoms with E-state index in [4.69, 9.17) is 4.74 Å². The number of rotatable bonds is 6. The molecular formula is C14H27N3O. The lowest BCUT2D eigenvalue weighted by atomic mass is 9.96. The Morgan fingerprint density at radius 2 is 2.22 bits per heavy atom. The fourth-order valence-electron chi connectivity index (χ4n) is 2.14. The molecule has 0 unspecified atom stereocenters. The van der Waals surface area contributed by atoms with Crippen molar-refractivity contribution < 1.29 is 4.74 Å². The van der Waals surface area contributed by atoms with Gasteiger partial charge in [0.25, 0.3) is 0 Å². The largest absolute Gasteiger partial charge is 0.381 e. The van der Waals surface area contributed by atoms with Crippen LogP contribution in [-0.4, -0.2) is 50.8 Å². The highest BCUT2D eigenvalue weighted by Crippen LogP contribution is 2.18. The van der Waals surface area contributed by atoms with Crippen LogP contribution in [0.5, 0.6) is 0 Å². The molecule has 1 aliphatic heterocycles. The molecule has 1 fully saturated rings. The summed E-state index contributed by atoms with van der Waals surface area (Å²) in [6.45, 7) is 10.3. The maximum atomic E-state index is 5.38. The SMILES string of the molecule is C=CCN=C(NCC)N(C)CCC1CCOCC1. The number of hydrogen-bond donors (Lipinski definition) is 1. The molecular weight excluding hydrogens is 226 g/mol. The minimum absolute atomic E-state index is 0.671. The van der Waals surface area contributed by atoms with Gasteiger partial charge in [-0.15, -0.1) is 6.58 Å². The van der Waals surface area contributed by atoms with Crippen LogP contribution < -0.4 is 5.32 Å². The Bertz CT molecular complexity index is 260. The Kier molecular flexibility index (Phi) is 7.49. The topological polar surface area (TPSA) is 36.9 Å². The summed E-state index contributed by atoms with van der Waals surface area (Å²) in [5.74, 6) is 1.79. The van der Waals surface area contributed by atoms with Gasteiger partial charge in [-0.05, 0) is 32.1 Å². The Morgan fingerprint density at radius 3 is 2.83 bits per heavy atom. The molecule has 0 atom stereocenters. The molecule has 0 bridgehead atoms. The van der Waals surface area contributed by atoms with Gasteiger partial charge >= 0.3 is 0 Å². The van der Waals surface area contributed by atoms with Gasteiger partial charge in [0.2, 0.25) is 0 Å². The Morgan fingerprint density at radius 1 is 1.50 bits per heavy atom. The summed E-state index contributed by atoms with van der Waals surface area (Å²) in [4.78, 5) is 6.70. The van der Waals surface area contributed by atoms with Crippen LogP contribution in [-0.2, 0) is 4.74 Å². The lowest BCUT2D eigenvalue weighted by molar-refractivity contribution is 0.0625. The van der Waals surface area contributed by atoms with E-state index in [1.54, 1.807) is 0 Å². The van der Waals surface area contributed by atoms with Gasteiger partial charge in [0.15, 0.2) is 5.96 Å². The maximum absolute atomic E-state index is 5.38. The summed E-state index contributed by atoms with van der Waals surface area (Å²) in [6.07, 6.45) is 5.45. The standard InChI is InChI=1S/C14H27N3O/c1-4-9-16-14(15-5-2)17(3)10-6-13-7-11-18-12-8-13/h4,13H,1,5-12H2,2-3H3,(H,15,16). The molecule has 4 nitrogen and oxygen atoms in total. The third-order valence-corrected chi connectivity index (χ3v) is 3.28. The van der Waals surface area contributed by atoms with Crippen LogP contribution in [0.25, 0.3) is 0 Å². The van der Waals surface area contributed by atoms with Gasteiger partial charge < -0.3 is 15.0 Å². The molecule has 0 aliphatic carbocycles. The number of hydrogen-bond acceptors (Lipinski definition) is 2. The number of nitrogens with zero attached hydrogens (tertiary/aromatic N) is 2. The third kappa shape index (κ3) is 5.54. The van der Waals surface area contributed by atoms with Crippen molar-refractivity contribution in [2.45, 2.75) is 26.2 Å². The van der Waals surface area contributed by atoms with Crippen molar-refractivity contribution in [3.05, 3.63) is 12.7 Å². The summed E-state index contributed by atoms with van der Waals surface area (Å²) in [6, 6.07) is 0. The molecule has 1 aliphatic rings. The van der Waals surface area contributed by atoms with Gasteiger partial charge in [-0.1, -0.05) is 6.08 Å². The quantitative estimate of drug-likeness (QED) is 0.446. The minimum Gasteiger partial charge on any atom is -0.381 e. The first kappa shape index (κ1) is 15.0. The number of ether oxygens (including phenoxy) is 1. The predicted molar refractivity (Wildman–Crippen MR) is 77.0 cm³/mol. The molecule has 1 heterocycles. The normalized spacial score (nSPS) is 17.6. The smallest absolute Gasteiger partial charge is 0.193 e. The zero-order valence-electron chi connectivity index (χ0n) is 11.8. The van der Waals surface area contributed by atoms with Crippen LogP contribution in [0, 0.1) is 5.92 Å². The second-order valence-corrected chi connectivity index (χ2v) is 4.75. The molecule has 0 aromatic carbocycles. The van der Waals surface area contributed by atoms with Gasteiger partial charge in [-0.3, -0.25) is 0 Å². The maximum Gasteiger partial charge on any atom is 0.193 e. The minimum atomic E-state index is 0.671. The molecule has 0 saturated carbocycles. The van der Waals surface area contributed by atoms with Crippen LogP contribution in [0.1, 0.15) is 26.2 Å². The summed E-state index contributed by atoms with van der Waals surface area (Å²) < 4.78 is 5.38. The lowest BCUT2D eigenvalue weighted by Gasteiger charge is -2.26. The first-order valence-electron chi connectivity index (χ1n) is 6.96. The zero-order valence-corrected chi connectivity index (χ0v) is 11.8. The first-order chi connectivity index (χ1) is 8.77. The fraction of sp³-hybridized carbons (Fsp3) is 0.786. The molecule has 104 valence electrons. The van der Waals surface area contributed by atoms with Crippen molar-refractivity contribution in [3.63, 3.8) is 0 Å². The first-order valence-corrected chi connectivity index (χ1v) is 6.96. The molecule has 0 aromatic rings. The van der Waals surface area contributed by atoms with E-state index in [1.807, 2.05) is 6.08 Å². The van der Waals surface area contributed by atoms with Crippen LogP contribution >= 0.6 is 0 Å². The van der Waals surface area contributed by atoms with Crippen LogP contribution in [0.2, 0.25) is 0 Å². The van der Waals surface area contributed by atoms with Crippen molar-refractivity contribution in [2.75, 3.05) is 39.9 Å². The van der Waals surface area contributed by atoms with Crippen LogP contribution in [0.3, 0.4) is 0 Å². The number of nitrogens with one attached hydrogen (secondary N) is 1. The van der Waals surface area contributed by atoms with Crippen molar-refractivity contribution in [2.24, 2.45) is 10.9 Å². The van der Waals surface area contributed by atoms with E-state index < -0.39 is 0 Å². The van der Waals surface area contributed by atoms with Gasteiger partial charge in [0.1, 0.15) is 0 Å². The van der Waals surface area contributed by atoms with E-state index in [0.29, 0.717) is 6.54 Å². The fourth-order valence-corrected chi connectivity index (χ4v) is 2.14. The highest BCUT2D eigenvalue weighted by Gasteiger charge is 2.15. The summed E-state index contributed by atoms with van der Waals surface area (Å²) >= 11 is 0. The monoisotopic (exact) mass is 253 g/mol. The summed E-state index contributed by atoms with van der Waals surface area (Å²) in [5, 5.41) is 3.31. The summed E-state index contributed by atoms with van der Waals surface area (Å²) in [7, 11) is 2.10. The van der Waals surface area contributed by atoms with Crippen molar-refractivity contribution in [3.8, 4) is 0 Å². The van der Waals surface area contributed by atoms with E-state index in [2.05, 4.69) is 35.8 Å². The van der Waals surface area contributed by atoms with E-state index >= 15 is 0 Å². The highest BCUT2D eigenvalue weighted by molar-refractivity contribution is 5.79. The molecule has 1 rings (SSSR count). The van der Waals surface area contributed by atoms with Gasteiger partial charge in [0, 0.05) is 33.4 Å². The molecule has 18 heavy (non-hydrogen) atoms. The molecule has 0 radical (unpaired) electrons. The van der Waals surface area contributed by atoms with Crippen LogP contribution in [0.15, 0.2) is 17.6 Å². The zero-order chi connectivity index (χ0) is 13.2. The molecule has 4 heteroatoms. The second kappa shape index (κ2) is 8.97. The predicted octanol–water partition coefficient (Wildman–Crippen LogP) is 1.89. The van der Waals surface area contributed by atoms with Gasteiger partial charge in [0.05, 0.1) is 6.54 Å². The third-order valence-electron chi connectivity index (χ3n) is 3.28. The van der Waals surface area contributed by atoms with Crippen LogP contribution in [0.4, 0.5) is 0 Å². The van der Waals surface area contributed by atoms with E-state index in [9.17, 15) is 0 Å². The molecule has 0 spiro atoms. The van der Waals surface area contributed by atoms with Crippen molar-refractivity contribution in [1.82, 2.24) is 10.2 Å². The summed E-state index contributed by atoms with van der Waals surface area (Å²) in [5.41, 5.74) is 0. The Balaban J connectivity index is 2.34. The second-order valence-electron chi connectivity index (χ2n) is 4.75. The number of guanidine groups is 1. The van der Waals surface area contributed by atoms with Crippen molar-refractivity contribution >= 4 is 5.96 Å². The lowest BCUT2D eigenvalue weighted by Crippen LogP contribution is -2.40. The number of aliphatic imine (C=N–C) groups is 1.